The lowest BCUT2D eigenvalue weighted by Gasteiger charge is -2.29. The van der Waals surface area contributed by atoms with E-state index in [1.165, 1.54) is 6.42 Å². The molecule has 0 radical (unpaired) electrons. The third-order valence-electron chi connectivity index (χ3n) is 6.24. The summed E-state index contributed by atoms with van der Waals surface area (Å²) in [4.78, 5) is 1.99. The summed E-state index contributed by atoms with van der Waals surface area (Å²) >= 11 is 3.19. The summed E-state index contributed by atoms with van der Waals surface area (Å²) in [6.45, 7) is 9.50. The van der Waals surface area contributed by atoms with Gasteiger partial charge in [0.15, 0.2) is 36.2 Å². The first-order valence-electron chi connectivity index (χ1n) is 12.8. The van der Waals surface area contributed by atoms with Gasteiger partial charge in [-0.1, -0.05) is 53.4 Å². The molecule has 190 valence electrons. The van der Waals surface area contributed by atoms with Crippen molar-refractivity contribution >= 4 is 22.7 Å². The fraction of sp³-hybridized carbons (Fsp3) is 0.692. The highest BCUT2D eigenvalue weighted by atomic mass is 32.1. The average Bonchev–Trinajstić information content (AvgIpc) is 3.47. The molecule has 2 aromatic rings. The van der Waals surface area contributed by atoms with E-state index in [-0.39, 0.29) is 18.5 Å². The minimum Gasteiger partial charge on any atom is -0.482 e. The highest BCUT2D eigenvalue weighted by Crippen LogP contribution is 2.54. The average molecular weight is 511 g/mol. The molecule has 4 rings (SSSR count). The second-order valence-electron chi connectivity index (χ2n) is 8.85. The summed E-state index contributed by atoms with van der Waals surface area (Å²) in [7, 11) is 0. The van der Waals surface area contributed by atoms with Crippen LogP contribution in [0.3, 0.4) is 0 Å². The molecule has 0 saturated carbocycles. The first-order chi connectivity index (χ1) is 16.7. The lowest BCUT2D eigenvalue weighted by atomic mass is 10.1. The summed E-state index contributed by atoms with van der Waals surface area (Å²) in [5.41, 5.74) is 0. The first kappa shape index (κ1) is 25.6. The van der Waals surface area contributed by atoms with E-state index < -0.39 is 6.29 Å². The second-order valence-corrected chi connectivity index (χ2v) is 10.6. The standard InChI is InChI=1S/C26H38O6S2/c1-5-9-11-17(7-3)29-21-14-28-23-20(31-21)16-34-25(23)26-24-19(15-33-26)27-13-22(32-24)30-18(8-4)12-10-6-2/h15-18,21-22H,5-14H2,1-4H3. The van der Waals surface area contributed by atoms with Crippen LogP contribution in [0.5, 0.6) is 23.0 Å². The maximum atomic E-state index is 6.30. The number of rotatable bonds is 13. The molecule has 4 heterocycles. The van der Waals surface area contributed by atoms with Crippen LogP contribution in [-0.4, -0.2) is 38.0 Å². The van der Waals surface area contributed by atoms with E-state index in [2.05, 4.69) is 27.7 Å². The highest BCUT2D eigenvalue weighted by molar-refractivity contribution is 7.21. The van der Waals surface area contributed by atoms with Crippen molar-refractivity contribution in [3.63, 3.8) is 0 Å². The van der Waals surface area contributed by atoms with Gasteiger partial charge >= 0.3 is 0 Å². The third-order valence-corrected chi connectivity index (χ3v) is 8.28. The topological polar surface area (TPSA) is 55.4 Å². The molecule has 0 bridgehead atoms. The molecule has 2 aliphatic rings. The molecule has 0 amide bonds. The fourth-order valence-electron chi connectivity index (χ4n) is 4.22. The van der Waals surface area contributed by atoms with Crippen LogP contribution in [0, 0.1) is 0 Å². The van der Waals surface area contributed by atoms with Gasteiger partial charge in [-0.25, -0.2) is 0 Å². The van der Waals surface area contributed by atoms with Crippen LogP contribution in [0.2, 0.25) is 0 Å². The van der Waals surface area contributed by atoms with Gasteiger partial charge in [0.2, 0.25) is 12.6 Å². The van der Waals surface area contributed by atoms with Crippen LogP contribution >= 0.6 is 22.7 Å². The summed E-state index contributed by atoms with van der Waals surface area (Å²) in [5.74, 6) is 3.00. The van der Waals surface area contributed by atoms with Gasteiger partial charge in [0.1, 0.15) is 0 Å². The Labute approximate surface area is 211 Å². The Hall–Kier alpha value is -1.48. The van der Waals surface area contributed by atoms with Gasteiger partial charge in [-0.15, -0.1) is 22.7 Å². The van der Waals surface area contributed by atoms with Crippen molar-refractivity contribution in [1.29, 1.82) is 0 Å². The van der Waals surface area contributed by atoms with Crippen LogP contribution in [0.1, 0.15) is 79.1 Å². The molecule has 34 heavy (non-hydrogen) atoms. The molecule has 0 spiro atoms. The van der Waals surface area contributed by atoms with Crippen LogP contribution < -0.4 is 18.9 Å². The van der Waals surface area contributed by atoms with Crippen molar-refractivity contribution < 1.29 is 28.4 Å². The van der Waals surface area contributed by atoms with Gasteiger partial charge in [0.05, 0.1) is 22.0 Å². The number of unbranched alkanes of at least 4 members (excludes halogenated alkanes) is 2. The molecular formula is C26H38O6S2. The summed E-state index contributed by atoms with van der Waals surface area (Å²) < 4.78 is 37.0. The van der Waals surface area contributed by atoms with Crippen molar-refractivity contribution in [2.24, 2.45) is 0 Å². The number of hydrogen-bond donors (Lipinski definition) is 0. The Bertz CT molecular complexity index is 894. The highest BCUT2D eigenvalue weighted by Gasteiger charge is 2.33. The normalized spacial score (nSPS) is 20.8. The van der Waals surface area contributed by atoms with E-state index in [1.807, 2.05) is 10.8 Å². The van der Waals surface area contributed by atoms with E-state index in [4.69, 9.17) is 28.4 Å². The molecule has 6 nitrogen and oxygen atoms in total. The largest absolute Gasteiger partial charge is 0.482 e. The molecule has 2 aliphatic heterocycles. The Balaban J connectivity index is 1.43. The minimum absolute atomic E-state index is 0.185. The predicted octanol–water partition coefficient (Wildman–Crippen LogP) is 7.64. The maximum absolute atomic E-state index is 6.30. The molecule has 8 heteroatoms. The SMILES string of the molecule is CCCCC(CC)OC1COc2c(csc2-c2scc3c2OC(OC(CC)CCCC)CO3)O1. The quantitative estimate of drug-likeness (QED) is 0.276. The minimum atomic E-state index is -0.400. The van der Waals surface area contributed by atoms with E-state index in [0.717, 1.165) is 77.7 Å². The Morgan fingerprint density at radius 2 is 1.32 bits per heavy atom. The van der Waals surface area contributed by atoms with Gasteiger partial charge in [-0.2, -0.15) is 0 Å². The molecule has 0 aliphatic carbocycles. The van der Waals surface area contributed by atoms with Crippen molar-refractivity contribution in [2.45, 2.75) is 104 Å². The molecule has 0 N–H and O–H groups in total. The van der Waals surface area contributed by atoms with E-state index in [0.29, 0.717) is 13.2 Å². The van der Waals surface area contributed by atoms with Gasteiger partial charge < -0.3 is 28.4 Å². The fourth-order valence-corrected chi connectivity index (χ4v) is 6.22. The van der Waals surface area contributed by atoms with Gasteiger partial charge in [0.25, 0.3) is 0 Å². The van der Waals surface area contributed by atoms with E-state index in [1.54, 1.807) is 22.7 Å². The zero-order valence-electron chi connectivity index (χ0n) is 20.8. The first-order valence-corrected chi connectivity index (χ1v) is 14.6. The van der Waals surface area contributed by atoms with E-state index >= 15 is 0 Å². The Morgan fingerprint density at radius 1 is 0.765 bits per heavy atom. The van der Waals surface area contributed by atoms with Crippen molar-refractivity contribution in [2.75, 3.05) is 13.2 Å². The zero-order chi connectivity index (χ0) is 23.9. The molecule has 4 unspecified atom stereocenters. The smallest absolute Gasteiger partial charge is 0.234 e. The lowest BCUT2D eigenvalue weighted by molar-refractivity contribution is -0.149. The predicted molar refractivity (Wildman–Crippen MR) is 137 cm³/mol. The second kappa shape index (κ2) is 12.5. The molecule has 4 atom stereocenters. The summed E-state index contributed by atoms with van der Waals surface area (Å²) in [6.07, 6.45) is 8.28. The van der Waals surface area contributed by atoms with Crippen molar-refractivity contribution in [3.05, 3.63) is 10.8 Å². The van der Waals surface area contributed by atoms with Crippen molar-refractivity contribution in [1.82, 2.24) is 0 Å². The monoisotopic (exact) mass is 510 g/mol. The lowest BCUT2D eigenvalue weighted by Crippen LogP contribution is -2.35. The van der Waals surface area contributed by atoms with E-state index in [9.17, 15) is 0 Å². The van der Waals surface area contributed by atoms with Crippen LogP contribution in [0.15, 0.2) is 10.8 Å². The summed E-state index contributed by atoms with van der Waals surface area (Å²) in [6, 6.07) is 0. The number of fused-ring (bicyclic) bond motifs is 2. The number of ether oxygens (including phenoxy) is 6. The van der Waals surface area contributed by atoms with Gasteiger partial charge in [-0.05, 0) is 25.7 Å². The molecule has 0 aromatic carbocycles. The zero-order valence-corrected chi connectivity index (χ0v) is 22.4. The van der Waals surface area contributed by atoms with Crippen LogP contribution in [0.4, 0.5) is 0 Å². The number of hydrogen-bond acceptors (Lipinski definition) is 8. The number of thiophene rings is 2. The molecule has 2 aromatic heterocycles. The Morgan fingerprint density at radius 3 is 1.94 bits per heavy atom. The Kier molecular flexibility index (Phi) is 9.39. The molecular weight excluding hydrogens is 472 g/mol. The maximum Gasteiger partial charge on any atom is 0.234 e. The molecule has 0 fully saturated rings. The van der Waals surface area contributed by atoms with Crippen molar-refractivity contribution in [3.8, 4) is 32.8 Å². The van der Waals surface area contributed by atoms with Gasteiger partial charge in [0, 0.05) is 10.8 Å². The summed E-state index contributed by atoms with van der Waals surface area (Å²) in [5, 5.41) is 3.99. The van der Waals surface area contributed by atoms with Crippen LogP contribution in [0.25, 0.3) is 9.75 Å². The molecule has 0 saturated heterocycles. The van der Waals surface area contributed by atoms with Gasteiger partial charge in [-0.3, -0.25) is 0 Å². The third kappa shape index (κ3) is 6.01. The van der Waals surface area contributed by atoms with Crippen LogP contribution in [-0.2, 0) is 9.47 Å².